The molecule has 2 aromatic carbocycles. The number of fused-ring (bicyclic) bond motifs is 1. The van der Waals surface area contributed by atoms with E-state index in [0.717, 1.165) is 25.3 Å². The van der Waals surface area contributed by atoms with E-state index in [1.165, 1.54) is 22.3 Å². The molecule has 0 saturated heterocycles. The molecule has 1 aliphatic rings. The van der Waals surface area contributed by atoms with Gasteiger partial charge in [-0.25, -0.2) is 0 Å². The molecule has 0 bridgehead atoms. The molecular weight excluding hydrogens is 234 g/mol. The van der Waals surface area contributed by atoms with Gasteiger partial charge in [-0.15, -0.1) is 0 Å². The molecule has 3 rings (SSSR count). The van der Waals surface area contributed by atoms with Crippen molar-refractivity contribution >= 4 is 0 Å². The van der Waals surface area contributed by atoms with Gasteiger partial charge in [0.15, 0.2) is 0 Å². The zero-order valence-corrected chi connectivity index (χ0v) is 11.3. The molecule has 0 fully saturated rings. The summed E-state index contributed by atoms with van der Waals surface area (Å²) >= 11 is 0. The fourth-order valence-electron chi connectivity index (χ4n) is 2.50. The van der Waals surface area contributed by atoms with E-state index in [2.05, 4.69) is 42.6 Å². The molecule has 1 N–H and O–H groups in total. The highest BCUT2D eigenvalue weighted by Crippen LogP contribution is 2.18. The van der Waals surface area contributed by atoms with Crippen LogP contribution in [0.15, 0.2) is 42.5 Å². The number of ether oxygens (including phenoxy) is 1. The van der Waals surface area contributed by atoms with Crippen LogP contribution in [-0.4, -0.2) is 6.54 Å². The Hall–Kier alpha value is -1.80. The highest BCUT2D eigenvalue weighted by atomic mass is 16.5. The molecule has 0 saturated carbocycles. The highest BCUT2D eigenvalue weighted by molar-refractivity contribution is 5.34. The Bertz CT molecular complexity index is 577. The molecule has 98 valence electrons. The summed E-state index contributed by atoms with van der Waals surface area (Å²) in [6.45, 7) is 4.79. The van der Waals surface area contributed by atoms with Crippen LogP contribution in [0, 0.1) is 6.92 Å². The molecule has 2 heteroatoms. The molecule has 0 spiro atoms. The van der Waals surface area contributed by atoms with Gasteiger partial charge in [-0.05, 0) is 54.3 Å². The molecule has 2 nitrogen and oxygen atoms in total. The van der Waals surface area contributed by atoms with E-state index in [0.29, 0.717) is 6.61 Å². The second-order valence-electron chi connectivity index (χ2n) is 5.14. The first-order chi connectivity index (χ1) is 9.31. The summed E-state index contributed by atoms with van der Waals surface area (Å²) in [5.41, 5.74) is 5.35. The van der Waals surface area contributed by atoms with Crippen molar-refractivity contribution < 1.29 is 4.74 Å². The summed E-state index contributed by atoms with van der Waals surface area (Å²) in [6.07, 6.45) is 1.13. The monoisotopic (exact) mass is 253 g/mol. The summed E-state index contributed by atoms with van der Waals surface area (Å²) in [5.74, 6) is 0.941. The number of hydrogen-bond donors (Lipinski definition) is 1. The molecule has 19 heavy (non-hydrogen) atoms. The zero-order chi connectivity index (χ0) is 13.1. The van der Waals surface area contributed by atoms with Gasteiger partial charge >= 0.3 is 0 Å². The van der Waals surface area contributed by atoms with E-state index in [4.69, 9.17) is 4.74 Å². The van der Waals surface area contributed by atoms with Gasteiger partial charge < -0.3 is 10.1 Å². The lowest BCUT2D eigenvalue weighted by Crippen LogP contribution is -2.23. The fourth-order valence-corrected chi connectivity index (χ4v) is 2.50. The topological polar surface area (TPSA) is 21.3 Å². The van der Waals surface area contributed by atoms with E-state index in [9.17, 15) is 0 Å². The summed E-state index contributed by atoms with van der Waals surface area (Å²) in [6, 6.07) is 14.9. The van der Waals surface area contributed by atoms with Gasteiger partial charge in [-0.3, -0.25) is 0 Å². The third-order valence-corrected chi connectivity index (χ3v) is 3.55. The maximum Gasteiger partial charge on any atom is 0.120 e. The van der Waals surface area contributed by atoms with E-state index >= 15 is 0 Å². The van der Waals surface area contributed by atoms with Crippen LogP contribution in [0.25, 0.3) is 0 Å². The smallest absolute Gasteiger partial charge is 0.120 e. The first-order valence-corrected chi connectivity index (χ1v) is 6.82. The van der Waals surface area contributed by atoms with Crippen LogP contribution < -0.4 is 10.1 Å². The first kappa shape index (κ1) is 12.2. The number of nitrogens with one attached hydrogen (secondary N) is 1. The van der Waals surface area contributed by atoms with E-state index in [1.807, 2.05) is 12.1 Å². The SMILES string of the molecule is Cc1cccc(OCc2ccc3c(c2)CNCC3)c1. The van der Waals surface area contributed by atoms with Crippen LogP contribution >= 0.6 is 0 Å². The lowest BCUT2D eigenvalue weighted by atomic mass is 9.99. The predicted molar refractivity (Wildman–Crippen MR) is 77.4 cm³/mol. The normalized spacial score (nSPS) is 13.9. The maximum absolute atomic E-state index is 5.84. The third-order valence-electron chi connectivity index (χ3n) is 3.55. The Morgan fingerprint density at radius 2 is 2.05 bits per heavy atom. The lowest BCUT2D eigenvalue weighted by molar-refractivity contribution is 0.306. The van der Waals surface area contributed by atoms with Crippen LogP contribution in [0.4, 0.5) is 0 Å². The van der Waals surface area contributed by atoms with Gasteiger partial charge in [0.25, 0.3) is 0 Å². The molecule has 1 heterocycles. The Morgan fingerprint density at radius 3 is 2.95 bits per heavy atom. The second kappa shape index (κ2) is 5.45. The highest BCUT2D eigenvalue weighted by Gasteiger charge is 2.08. The summed E-state index contributed by atoms with van der Waals surface area (Å²) in [7, 11) is 0. The van der Waals surface area contributed by atoms with Gasteiger partial charge in [-0.2, -0.15) is 0 Å². The summed E-state index contributed by atoms with van der Waals surface area (Å²) in [4.78, 5) is 0. The van der Waals surface area contributed by atoms with Gasteiger partial charge in [-0.1, -0.05) is 30.3 Å². The standard InChI is InChI=1S/C17H19NO/c1-13-3-2-4-17(9-13)19-12-14-5-6-15-7-8-18-11-16(15)10-14/h2-6,9-10,18H,7-8,11-12H2,1H3. The Labute approximate surface area is 114 Å². The minimum absolute atomic E-state index is 0.636. The van der Waals surface area contributed by atoms with E-state index in [-0.39, 0.29) is 0 Å². The van der Waals surface area contributed by atoms with Crippen LogP contribution in [-0.2, 0) is 19.6 Å². The molecule has 0 atom stereocenters. The Balaban J connectivity index is 1.70. The predicted octanol–water partition coefficient (Wildman–Crippen LogP) is 3.22. The molecule has 0 amide bonds. The molecular formula is C17H19NO. The molecule has 1 aliphatic heterocycles. The molecule has 0 aliphatic carbocycles. The minimum Gasteiger partial charge on any atom is -0.489 e. The Kier molecular flexibility index (Phi) is 3.51. The lowest BCUT2D eigenvalue weighted by Gasteiger charge is -2.18. The quantitative estimate of drug-likeness (QED) is 0.907. The van der Waals surface area contributed by atoms with Crippen molar-refractivity contribution in [3.8, 4) is 5.75 Å². The van der Waals surface area contributed by atoms with Crippen molar-refractivity contribution in [3.63, 3.8) is 0 Å². The third kappa shape index (κ3) is 2.96. The average Bonchev–Trinajstić information content (AvgIpc) is 2.45. The van der Waals surface area contributed by atoms with Gasteiger partial charge in [0, 0.05) is 6.54 Å². The summed E-state index contributed by atoms with van der Waals surface area (Å²) < 4.78 is 5.84. The van der Waals surface area contributed by atoms with Gasteiger partial charge in [0.1, 0.15) is 12.4 Å². The van der Waals surface area contributed by atoms with Gasteiger partial charge in [0.05, 0.1) is 0 Å². The van der Waals surface area contributed by atoms with Crippen LogP contribution in [0.1, 0.15) is 22.3 Å². The number of benzene rings is 2. The molecule has 0 unspecified atom stereocenters. The van der Waals surface area contributed by atoms with Crippen molar-refractivity contribution in [1.82, 2.24) is 5.32 Å². The number of aryl methyl sites for hydroxylation is 1. The van der Waals surface area contributed by atoms with Crippen LogP contribution in [0.5, 0.6) is 5.75 Å². The van der Waals surface area contributed by atoms with Crippen molar-refractivity contribution in [2.24, 2.45) is 0 Å². The second-order valence-corrected chi connectivity index (χ2v) is 5.14. The zero-order valence-electron chi connectivity index (χ0n) is 11.3. The fraction of sp³-hybridized carbons (Fsp3) is 0.294. The largest absolute Gasteiger partial charge is 0.489 e. The molecule has 2 aromatic rings. The number of rotatable bonds is 3. The van der Waals surface area contributed by atoms with Crippen molar-refractivity contribution in [2.75, 3.05) is 6.54 Å². The van der Waals surface area contributed by atoms with Crippen molar-refractivity contribution in [3.05, 3.63) is 64.7 Å². The molecule has 0 aromatic heterocycles. The van der Waals surface area contributed by atoms with Crippen LogP contribution in [0.3, 0.4) is 0 Å². The van der Waals surface area contributed by atoms with E-state index < -0.39 is 0 Å². The van der Waals surface area contributed by atoms with Crippen molar-refractivity contribution in [2.45, 2.75) is 26.5 Å². The van der Waals surface area contributed by atoms with E-state index in [1.54, 1.807) is 0 Å². The molecule has 0 radical (unpaired) electrons. The van der Waals surface area contributed by atoms with Crippen LogP contribution in [0.2, 0.25) is 0 Å². The van der Waals surface area contributed by atoms with Gasteiger partial charge in [0.2, 0.25) is 0 Å². The average molecular weight is 253 g/mol. The summed E-state index contributed by atoms with van der Waals surface area (Å²) in [5, 5.41) is 3.41. The Morgan fingerprint density at radius 1 is 1.11 bits per heavy atom. The van der Waals surface area contributed by atoms with Crippen molar-refractivity contribution in [1.29, 1.82) is 0 Å². The minimum atomic E-state index is 0.636. The number of hydrogen-bond acceptors (Lipinski definition) is 2. The first-order valence-electron chi connectivity index (χ1n) is 6.82. The maximum atomic E-state index is 5.84.